The highest BCUT2D eigenvalue weighted by molar-refractivity contribution is 6.60. The molecule has 0 rings (SSSR count). The monoisotopic (exact) mass is 293 g/mol. The normalized spacial score (nSPS) is 10.8. The van der Waals surface area contributed by atoms with Crippen molar-refractivity contribution in [2.24, 2.45) is 5.73 Å². The molecule has 6 heteroatoms. The van der Waals surface area contributed by atoms with Gasteiger partial charge in [0.1, 0.15) is 5.78 Å². The fraction of sp³-hybridized carbons (Fsp3) is 0.923. The Kier molecular flexibility index (Phi) is 15.7. The largest absolute Gasteiger partial charge is 0.500 e. The second kappa shape index (κ2) is 14.1. The second-order valence-corrected chi connectivity index (χ2v) is 6.66. The van der Waals surface area contributed by atoms with Crippen LogP contribution in [0.3, 0.4) is 0 Å². The molecule has 0 amide bonds. The van der Waals surface area contributed by atoms with E-state index in [0.29, 0.717) is 32.8 Å². The highest BCUT2D eigenvalue weighted by Crippen LogP contribution is 2.17. The molecule has 0 aliphatic carbocycles. The fourth-order valence-corrected chi connectivity index (χ4v) is 3.96. The van der Waals surface area contributed by atoms with Gasteiger partial charge < -0.3 is 23.8 Å². The lowest BCUT2D eigenvalue weighted by Crippen LogP contribution is -2.46. The first-order valence-corrected chi connectivity index (χ1v) is 9.06. The van der Waals surface area contributed by atoms with Crippen molar-refractivity contribution in [2.45, 2.75) is 53.5 Å². The van der Waals surface area contributed by atoms with Crippen LogP contribution in [0.15, 0.2) is 0 Å². The van der Waals surface area contributed by atoms with E-state index in [4.69, 9.17) is 19.0 Å². The van der Waals surface area contributed by atoms with Gasteiger partial charge in [-0.2, -0.15) is 0 Å². The lowest BCUT2D eigenvalue weighted by Gasteiger charge is -2.28. The molecule has 0 radical (unpaired) electrons. The SMILES string of the molecule is CCC(C)=O.CCO[Si](CCCN)(OCC)OCC. The summed E-state index contributed by atoms with van der Waals surface area (Å²) in [6.07, 6.45) is 1.56. The van der Waals surface area contributed by atoms with E-state index in [9.17, 15) is 4.79 Å². The van der Waals surface area contributed by atoms with Crippen molar-refractivity contribution >= 4 is 14.6 Å². The maximum absolute atomic E-state index is 9.81. The van der Waals surface area contributed by atoms with Crippen molar-refractivity contribution in [1.82, 2.24) is 0 Å². The number of hydrogen-bond acceptors (Lipinski definition) is 5. The molecular formula is C13H31NO4Si. The smallest absolute Gasteiger partial charge is 0.374 e. The maximum Gasteiger partial charge on any atom is 0.500 e. The van der Waals surface area contributed by atoms with E-state index in [2.05, 4.69) is 0 Å². The first kappa shape index (κ1) is 21.0. The first-order chi connectivity index (χ1) is 9.01. The van der Waals surface area contributed by atoms with Crippen molar-refractivity contribution in [2.75, 3.05) is 26.4 Å². The molecule has 0 fully saturated rings. The molecule has 2 N–H and O–H groups in total. The molecule has 0 aromatic carbocycles. The number of rotatable bonds is 10. The summed E-state index contributed by atoms with van der Waals surface area (Å²) in [5, 5.41) is 0. The van der Waals surface area contributed by atoms with Crippen molar-refractivity contribution in [3.05, 3.63) is 0 Å². The summed E-state index contributed by atoms with van der Waals surface area (Å²) in [6.45, 7) is 11.9. The van der Waals surface area contributed by atoms with Crippen LogP contribution < -0.4 is 5.73 Å². The Bertz CT molecular complexity index is 198. The summed E-state index contributed by atoms with van der Waals surface area (Å²) in [5.41, 5.74) is 5.48. The van der Waals surface area contributed by atoms with E-state index >= 15 is 0 Å². The van der Waals surface area contributed by atoms with Crippen LogP contribution in [-0.4, -0.2) is 41.0 Å². The highest BCUT2D eigenvalue weighted by atomic mass is 28.4. The first-order valence-electron chi connectivity index (χ1n) is 7.13. The van der Waals surface area contributed by atoms with Gasteiger partial charge in [0.25, 0.3) is 0 Å². The molecule has 0 aliphatic rings. The third kappa shape index (κ3) is 12.5. The lowest BCUT2D eigenvalue weighted by atomic mass is 10.4. The van der Waals surface area contributed by atoms with Crippen molar-refractivity contribution in [3.8, 4) is 0 Å². The molecule has 0 unspecified atom stereocenters. The summed E-state index contributed by atoms with van der Waals surface area (Å²) in [7, 11) is -2.40. The number of carbonyl (C=O) groups is 1. The van der Waals surface area contributed by atoms with Gasteiger partial charge >= 0.3 is 8.80 Å². The molecule has 19 heavy (non-hydrogen) atoms. The molecule has 0 saturated carbocycles. The van der Waals surface area contributed by atoms with Crippen LogP contribution in [0.2, 0.25) is 6.04 Å². The number of nitrogens with two attached hydrogens (primary N) is 1. The van der Waals surface area contributed by atoms with Crippen LogP contribution in [0.1, 0.15) is 47.5 Å². The van der Waals surface area contributed by atoms with Crippen LogP contribution in [0.4, 0.5) is 0 Å². The molecule has 0 heterocycles. The van der Waals surface area contributed by atoms with Crippen LogP contribution >= 0.6 is 0 Å². The Morgan fingerprint density at radius 1 is 1.00 bits per heavy atom. The van der Waals surface area contributed by atoms with Crippen LogP contribution in [-0.2, 0) is 18.1 Å². The zero-order valence-electron chi connectivity index (χ0n) is 13.2. The molecule has 0 aromatic heterocycles. The third-order valence-electron chi connectivity index (χ3n) is 2.28. The topological polar surface area (TPSA) is 70.8 Å². The lowest BCUT2D eigenvalue weighted by molar-refractivity contribution is -0.116. The molecule has 0 atom stereocenters. The van der Waals surface area contributed by atoms with Crippen LogP contribution in [0.25, 0.3) is 0 Å². The number of carbonyl (C=O) groups excluding carboxylic acids is 1. The zero-order valence-corrected chi connectivity index (χ0v) is 14.2. The Morgan fingerprint density at radius 3 is 1.58 bits per heavy atom. The van der Waals surface area contributed by atoms with Crippen LogP contribution in [0, 0.1) is 0 Å². The number of hydrogen-bond donors (Lipinski definition) is 1. The van der Waals surface area contributed by atoms with Gasteiger partial charge in [-0.3, -0.25) is 0 Å². The molecule has 0 aliphatic heterocycles. The number of Topliss-reactive ketones (excluding diaryl/α,β-unsaturated/α-hetero) is 1. The van der Waals surface area contributed by atoms with Gasteiger partial charge in [0, 0.05) is 32.3 Å². The predicted molar refractivity (Wildman–Crippen MR) is 80.1 cm³/mol. The van der Waals surface area contributed by atoms with E-state index < -0.39 is 8.80 Å². The molecule has 5 nitrogen and oxygen atoms in total. The third-order valence-corrected chi connectivity index (χ3v) is 5.43. The Labute approximate surface area is 119 Å². The van der Waals surface area contributed by atoms with Gasteiger partial charge in [0.05, 0.1) is 0 Å². The maximum atomic E-state index is 9.81. The highest BCUT2D eigenvalue weighted by Gasteiger charge is 2.39. The van der Waals surface area contributed by atoms with Gasteiger partial charge in [0.15, 0.2) is 0 Å². The van der Waals surface area contributed by atoms with E-state index in [0.717, 1.165) is 12.5 Å². The van der Waals surface area contributed by atoms with Gasteiger partial charge in [-0.15, -0.1) is 0 Å². The Balaban J connectivity index is 0. The van der Waals surface area contributed by atoms with E-state index in [1.807, 2.05) is 27.7 Å². The summed E-state index contributed by atoms with van der Waals surface area (Å²) < 4.78 is 17.0. The average molecular weight is 293 g/mol. The minimum atomic E-state index is -2.40. The Hall–Kier alpha value is -0.273. The summed E-state index contributed by atoms with van der Waals surface area (Å²) in [5.74, 6) is 0.255. The van der Waals surface area contributed by atoms with Crippen molar-refractivity contribution in [3.63, 3.8) is 0 Å². The Morgan fingerprint density at radius 2 is 1.37 bits per heavy atom. The second-order valence-electron chi connectivity index (χ2n) is 3.93. The van der Waals surface area contributed by atoms with E-state index in [1.54, 1.807) is 6.92 Å². The zero-order chi connectivity index (χ0) is 15.1. The van der Waals surface area contributed by atoms with Crippen molar-refractivity contribution in [1.29, 1.82) is 0 Å². The predicted octanol–water partition coefficient (Wildman–Crippen LogP) is 2.37. The summed E-state index contributed by atoms with van der Waals surface area (Å²) in [4.78, 5) is 9.81. The van der Waals surface area contributed by atoms with Crippen molar-refractivity contribution < 1.29 is 18.1 Å². The van der Waals surface area contributed by atoms with Gasteiger partial charge in [-0.05, 0) is 40.7 Å². The van der Waals surface area contributed by atoms with Gasteiger partial charge in [0.2, 0.25) is 0 Å². The standard InChI is InChI=1S/C9H23NO3Si.C4H8O/c1-4-11-14(12-5-2,13-6-3)9-7-8-10;1-3-4(2)5/h4-10H2,1-3H3;3H2,1-2H3. The number of ketones is 1. The quantitative estimate of drug-likeness (QED) is 0.626. The van der Waals surface area contributed by atoms with Gasteiger partial charge in [-0.25, -0.2) is 0 Å². The minimum Gasteiger partial charge on any atom is -0.374 e. The average Bonchev–Trinajstić information content (AvgIpc) is 2.38. The molecular weight excluding hydrogens is 262 g/mol. The minimum absolute atomic E-state index is 0.255. The molecule has 116 valence electrons. The summed E-state index contributed by atoms with van der Waals surface area (Å²) >= 11 is 0. The van der Waals surface area contributed by atoms with Gasteiger partial charge in [-0.1, -0.05) is 6.92 Å². The molecule has 0 bridgehead atoms. The van der Waals surface area contributed by atoms with E-state index in [1.165, 1.54) is 0 Å². The molecule has 0 aromatic rings. The summed E-state index contributed by atoms with van der Waals surface area (Å²) in [6, 6.07) is 0.818. The fourth-order valence-electron chi connectivity index (χ4n) is 1.32. The van der Waals surface area contributed by atoms with Crippen LogP contribution in [0.5, 0.6) is 0 Å². The molecule has 0 spiro atoms. The van der Waals surface area contributed by atoms with E-state index in [-0.39, 0.29) is 5.78 Å². The molecule has 0 saturated heterocycles.